The third kappa shape index (κ3) is 4.40. The smallest absolute Gasteiger partial charge is 0.309 e. The molecule has 0 amide bonds. The summed E-state index contributed by atoms with van der Waals surface area (Å²) in [7, 11) is 0. The average Bonchev–Trinajstić information content (AvgIpc) is 3.14. The van der Waals surface area contributed by atoms with E-state index in [1.54, 1.807) is 6.92 Å². The van der Waals surface area contributed by atoms with E-state index in [1.165, 1.54) is 32.1 Å². The van der Waals surface area contributed by atoms with Crippen molar-refractivity contribution in [2.45, 2.75) is 105 Å². The zero-order chi connectivity index (χ0) is 24.8. The largest absolute Gasteiger partial charge is 0.462 e. The summed E-state index contributed by atoms with van der Waals surface area (Å²) in [6.07, 6.45) is 10.4. The first kappa shape index (κ1) is 25.9. The van der Waals surface area contributed by atoms with E-state index in [-0.39, 0.29) is 48.1 Å². The molecule has 4 rings (SSSR count). The molecule has 2 N–H and O–H groups in total. The molecule has 4 aliphatic carbocycles. The zero-order valence-electron chi connectivity index (χ0n) is 22.1. The number of esters is 1. The molecule has 0 saturated heterocycles. The predicted octanol–water partition coefficient (Wildman–Crippen LogP) is 5.34. The molecule has 1 unspecified atom stereocenters. The van der Waals surface area contributed by atoms with Gasteiger partial charge in [-0.05, 0) is 105 Å². The first-order chi connectivity index (χ1) is 16.0. The second kappa shape index (κ2) is 9.67. The molecule has 0 aromatic heterocycles. The SMILES string of the molecule is CC(=O)[C@H]1CC[C@H]2[C@@H]3CC[C@H]4C[C@H](OC(=O)C(CC(=O)CN)C(C)C)CC[C@]4(C)[C@H]3CC[C@]12C. The molecule has 4 fully saturated rings. The summed E-state index contributed by atoms with van der Waals surface area (Å²) < 4.78 is 6.05. The van der Waals surface area contributed by atoms with Gasteiger partial charge in [0.2, 0.25) is 0 Å². The number of fused-ring (bicyclic) bond motifs is 5. The minimum absolute atomic E-state index is 0.0177. The maximum absolute atomic E-state index is 13.0. The van der Waals surface area contributed by atoms with Crippen molar-refractivity contribution in [2.75, 3.05) is 6.54 Å². The minimum Gasteiger partial charge on any atom is -0.462 e. The van der Waals surface area contributed by atoms with Crippen LogP contribution in [0.3, 0.4) is 0 Å². The van der Waals surface area contributed by atoms with Crippen LogP contribution < -0.4 is 5.73 Å². The summed E-state index contributed by atoms with van der Waals surface area (Å²) in [5.41, 5.74) is 6.01. The van der Waals surface area contributed by atoms with Gasteiger partial charge in [-0.15, -0.1) is 0 Å². The van der Waals surface area contributed by atoms with Gasteiger partial charge in [-0.3, -0.25) is 14.4 Å². The zero-order valence-corrected chi connectivity index (χ0v) is 22.1. The summed E-state index contributed by atoms with van der Waals surface area (Å²) in [4.78, 5) is 37.3. The van der Waals surface area contributed by atoms with Crippen LogP contribution in [0.15, 0.2) is 0 Å². The lowest BCUT2D eigenvalue weighted by atomic mass is 9.44. The minimum atomic E-state index is -0.396. The number of hydrogen-bond donors (Lipinski definition) is 1. The summed E-state index contributed by atoms with van der Waals surface area (Å²) in [5.74, 6) is 2.81. The van der Waals surface area contributed by atoms with E-state index in [1.807, 2.05) is 13.8 Å². The highest BCUT2D eigenvalue weighted by Gasteiger charge is 2.61. The topological polar surface area (TPSA) is 86.5 Å². The van der Waals surface area contributed by atoms with Crippen molar-refractivity contribution in [3.8, 4) is 0 Å². The molecule has 0 aromatic carbocycles. The molecular formula is C29H47NO4. The van der Waals surface area contributed by atoms with Crippen LogP contribution >= 0.6 is 0 Å². The van der Waals surface area contributed by atoms with E-state index in [9.17, 15) is 14.4 Å². The van der Waals surface area contributed by atoms with E-state index in [0.29, 0.717) is 23.0 Å². The summed E-state index contributed by atoms with van der Waals surface area (Å²) in [6, 6.07) is 0. The van der Waals surface area contributed by atoms with Crippen molar-refractivity contribution in [3.05, 3.63) is 0 Å². The van der Waals surface area contributed by atoms with Crippen LogP contribution in [0.2, 0.25) is 0 Å². The summed E-state index contributed by atoms with van der Waals surface area (Å²) >= 11 is 0. The second-order valence-corrected chi connectivity index (χ2v) is 13.1. The molecule has 0 radical (unpaired) electrons. The van der Waals surface area contributed by atoms with Gasteiger partial charge in [0.05, 0.1) is 12.5 Å². The normalized spacial score (nSPS) is 42.3. The standard InChI is InChI=1S/C29H47NO4/c1-17(2)23(15-20(32)16-30)27(33)34-21-10-12-28(4)19(14-21)6-7-22-25-9-8-24(18(3)31)29(25,5)13-11-26(22)28/h17,19,21-26H,6-16,30H2,1-5H3/t19-,21+,22-,23?,24+,25-,26-,28-,29+/m0/s1. The van der Waals surface area contributed by atoms with Gasteiger partial charge < -0.3 is 10.5 Å². The van der Waals surface area contributed by atoms with E-state index in [4.69, 9.17) is 10.5 Å². The first-order valence-electron chi connectivity index (χ1n) is 13.9. The molecule has 0 bridgehead atoms. The molecule has 192 valence electrons. The first-order valence-corrected chi connectivity index (χ1v) is 13.9. The molecule has 4 saturated carbocycles. The fourth-order valence-electron chi connectivity index (χ4n) is 9.17. The Bertz CT molecular complexity index is 808. The molecule has 34 heavy (non-hydrogen) atoms. The lowest BCUT2D eigenvalue weighted by Gasteiger charge is -2.61. The second-order valence-electron chi connectivity index (χ2n) is 13.1. The van der Waals surface area contributed by atoms with Gasteiger partial charge in [-0.25, -0.2) is 0 Å². The molecule has 0 aromatic rings. The van der Waals surface area contributed by atoms with Crippen LogP contribution in [0, 0.1) is 52.3 Å². The highest BCUT2D eigenvalue weighted by Crippen LogP contribution is 2.67. The number of rotatable bonds is 7. The molecular weight excluding hydrogens is 426 g/mol. The van der Waals surface area contributed by atoms with Gasteiger partial charge in [0, 0.05) is 12.3 Å². The van der Waals surface area contributed by atoms with Crippen molar-refractivity contribution >= 4 is 17.5 Å². The highest BCUT2D eigenvalue weighted by molar-refractivity contribution is 5.85. The Morgan fingerprint density at radius 1 is 0.941 bits per heavy atom. The number of ether oxygens (including phenoxy) is 1. The van der Waals surface area contributed by atoms with E-state index in [0.717, 1.165) is 37.5 Å². The quantitative estimate of drug-likeness (QED) is 0.505. The Kier molecular flexibility index (Phi) is 7.35. The number of ketones is 2. The molecule has 5 nitrogen and oxygen atoms in total. The van der Waals surface area contributed by atoms with E-state index < -0.39 is 5.92 Å². The van der Waals surface area contributed by atoms with Gasteiger partial charge in [0.1, 0.15) is 17.7 Å². The molecule has 4 aliphatic rings. The lowest BCUT2D eigenvalue weighted by molar-refractivity contribution is -0.169. The number of hydrogen-bond acceptors (Lipinski definition) is 5. The Hall–Kier alpha value is -1.23. The molecule has 0 heterocycles. The van der Waals surface area contributed by atoms with Crippen molar-refractivity contribution in [1.29, 1.82) is 0 Å². The molecule has 9 atom stereocenters. The van der Waals surface area contributed by atoms with Gasteiger partial charge in [0.15, 0.2) is 0 Å². The average molecular weight is 474 g/mol. The number of Topliss-reactive ketones (excluding diaryl/α,β-unsaturated/α-hetero) is 2. The number of carbonyl (C=O) groups excluding carboxylic acids is 3. The van der Waals surface area contributed by atoms with Crippen molar-refractivity contribution in [1.82, 2.24) is 0 Å². The van der Waals surface area contributed by atoms with Crippen LogP contribution in [0.5, 0.6) is 0 Å². The Balaban J connectivity index is 1.42. The Labute approximate surface area is 206 Å². The maximum Gasteiger partial charge on any atom is 0.309 e. The van der Waals surface area contributed by atoms with Crippen molar-refractivity contribution in [2.24, 2.45) is 58.0 Å². The van der Waals surface area contributed by atoms with Crippen molar-refractivity contribution < 1.29 is 19.1 Å². The molecule has 0 spiro atoms. The highest BCUT2D eigenvalue weighted by atomic mass is 16.5. The van der Waals surface area contributed by atoms with Crippen molar-refractivity contribution in [3.63, 3.8) is 0 Å². The molecule has 0 aliphatic heterocycles. The van der Waals surface area contributed by atoms with Gasteiger partial charge in [-0.1, -0.05) is 27.7 Å². The Morgan fingerprint density at radius 2 is 1.62 bits per heavy atom. The van der Waals surface area contributed by atoms with Crippen LogP contribution in [0.4, 0.5) is 0 Å². The van der Waals surface area contributed by atoms with Crippen LogP contribution in [-0.4, -0.2) is 30.2 Å². The van der Waals surface area contributed by atoms with E-state index >= 15 is 0 Å². The summed E-state index contributed by atoms with van der Waals surface area (Å²) in [5, 5.41) is 0. The maximum atomic E-state index is 13.0. The Morgan fingerprint density at radius 3 is 2.26 bits per heavy atom. The fraction of sp³-hybridized carbons (Fsp3) is 0.897. The van der Waals surface area contributed by atoms with E-state index in [2.05, 4.69) is 13.8 Å². The lowest BCUT2D eigenvalue weighted by Crippen LogP contribution is -2.54. The van der Waals surface area contributed by atoms with Crippen LogP contribution in [0.1, 0.15) is 98.8 Å². The number of carbonyl (C=O) groups is 3. The third-order valence-corrected chi connectivity index (χ3v) is 11.2. The number of nitrogens with two attached hydrogens (primary N) is 1. The monoisotopic (exact) mass is 473 g/mol. The van der Waals surface area contributed by atoms with Crippen LogP contribution in [-0.2, 0) is 19.1 Å². The third-order valence-electron chi connectivity index (χ3n) is 11.2. The van der Waals surface area contributed by atoms with Gasteiger partial charge in [-0.2, -0.15) is 0 Å². The van der Waals surface area contributed by atoms with Gasteiger partial charge in [0.25, 0.3) is 0 Å². The molecule has 5 heteroatoms. The van der Waals surface area contributed by atoms with Gasteiger partial charge >= 0.3 is 5.97 Å². The summed E-state index contributed by atoms with van der Waals surface area (Å²) in [6.45, 7) is 10.7. The van der Waals surface area contributed by atoms with Crippen LogP contribution in [0.25, 0.3) is 0 Å². The fourth-order valence-corrected chi connectivity index (χ4v) is 9.17. The predicted molar refractivity (Wildman–Crippen MR) is 133 cm³/mol.